The highest BCUT2D eigenvalue weighted by Crippen LogP contribution is 2.82. The van der Waals surface area contributed by atoms with Gasteiger partial charge >= 0.3 is 5.97 Å². The van der Waals surface area contributed by atoms with Gasteiger partial charge in [-0.15, -0.1) is 0 Å². The molecule has 0 radical (unpaired) electrons. The van der Waals surface area contributed by atoms with Gasteiger partial charge in [-0.3, -0.25) is 4.79 Å². The second kappa shape index (κ2) is 6.73. The highest BCUT2D eigenvalue weighted by atomic mass is 16.5. The Balaban J connectivity index is 1.23. The lowest BCUT2D eigenvalue weighted by Crippen LogP contribution is -2.57. The summed E-state index contributed by atoms with van der Waals surface area (Å²) in [6, 6.07) is 0. The van der Waals surface area contributed by atoms with E-state index in [1.54, 1.807) is 0 Å². The number of hydrogen-bond acceptors (Lipinski definition) is 3. The predicted molar refractivity (Wildman–Crippen MR) is 121 cm³/mol. The zero-order chi connectivity index (χ0) is 21.8. The SMILES string of the molecule is CCOC(=O)[C@H]1C[C@@H]1[C@@H](C)[C@H]1CC[C@H]2[C@@H]3C[C@@H](OC)[C@]45C[C@H]4CC[C@]5(C)[C@H]3CC[C@]12C. The van der Waals surface area contributed by atoms with E-state index in [0.29, 0.717) is 40.8 Å². The Hall–Kier alpha value is -0.570. The van der Waals surface area contributed by atoms with Crippen LogP contribution in [-0.2, 0) is 14.3 Å². The van der Waals surface area contributed by atoms with Gasteiger partial charge in [-0.2, -0.15) is 0 Å². The van der Waals surface area contributed by atoms with E-state index >= 15 is 0 Å². The number of esters is 1. The number of carbonyl (C=O) groups is 1. The molecule has 31 heavy (non-hydrogen) atoms. The predicted octanol–water partition coefficient (Wildman–Crippen LogP) is 6.11. The molecule has 6 rings (SSSR count). The summed E-state index contributed by atoms with van der Waals surface area (Å²) in [6.07, 6.45) is 12.9. The molecule has 0 saturated heterocycles. The molecule has 1 spiro atoms. The highest BCUT2D eigenvalue weighted by molar-refractivity contribution is 5.75. The van der Waals surface area contributed by atoms with Gasteiger partial charge in [0, 0.05) is 12.5 Å². The molecule has 0 heterocycles. The summed E-state index contributed by atoms with van der Waals surface area (Å²) in [5, 5.41) is 0. The van der Waals surface area contributed by atoms with Gasteiger partial charge in [-0.05, 0) is 117 Å². The molecule has 6 fully saturated rings. The number of methoxy groups -OCH3 is 1. The molecule has 6 aliphatic rings. The molecule has 174 valence electrons. The molecule has 0 amide bonds. The van der Waals surface area contributed by atoms with E-state index in [0.717, 1.165) is 36.0 Å². The quantitative estimate of drug-likeness (QED) is 0.496. The summed E-state index contributed by atoms with van der Waals surface area (Å²) in [5.74, 6) is 5.86. The van der Waals surface area contributed by atoms with Crippen LogP contribution in [0.4, 0.5) is 0 Å². The molecule has 3 nitrogen and oxygen atoms in total. The molecule has 6 saturated carbocycles. The average molecular weight is 429 g/mol. The molecular weight excluding hydrogens is 384 g/mol. The van der Waals surface area contributed by atoms with Crippen LogP contribution in [0, 0.1) is 63.6 Å². The first-order valence-electron chi connectivity index (χ1n) is 13.5. The lowest BCUT2D eigenvalue weighted by Gasteiger charge is -2.61. The molecule has 0 aromatic heterocycles. The maximum atomic E-state index is 12.3. The Kier molecular flexibility index (Phi) is 4.56. The van der Waals surface area contributed by atoms with E-state index in [1.807, 2.05) is 14.0 Å². The molecule has 0 unspecified atom stereocenters. The second-order valence-corrected chi connectivity index (χ2v) is 13.1. The van der Waals surface area contributed by atoms with E-state index in [-0.39, 0.29) is 11.9 Å². The number of ether oxygens (including phenoxy) is 2. The van der Waals surface area contributed by atoms with E-state index < -0.39 is 0 Å². The minimum Gasteiger partial charge on any atom is -0.466 e. The fourth-order valence-corrected chi connectivity index (χ4v) is 11.1. The van der Waals surface area contributed by atoms with Gasteiger partial charge in [0.15, 0.2) is 0 Å². The summed E-state index contributed by atoms with van der Waals surface area (Å²) < 4.78 is 11.6. The zero-order valence-corrected chi connectivity index (χ0v) is 20.5. The van der Waals surface area contributed by atoms with Crippen molar-refractivity contribution in [2.75, 3.05) is 13.7 Å². The number of hydrogen-bond donors (Lipinski definition) is 0. The Morgan fingerprint density at radius 3 is 2.58 bits per heavy atom. The molecule has 12 atom stereocenters. The van der Waals surface area contributed by atoms with Crippen molar-refractivity contribution in [3.05, 3.63) is 0 Å². The lowest BCUT2D eigenvalue weighted by atomic mass is 9.45. The Bertz CT molecular complexity index is 763. The summed E-state index contributed by atoms with van der Waals surface area (Å²) >= 11 is 0. The van der Waals surface area contributed by atoms with Gasteiger partial charge in [0.25, 0.3) is 0 Å². The topological polar surface area (TPSA) is 35.5 Å². The molecular formula is C28H44O3. The lowest BCUT2D eigenvalue weighted by molar-refractivity contribution is -0.161. The summed E-state index contributed by atoms with van der Waals surface area (Å²) in [7, 11) is 2.00. The molecule has 0 N–H and O–H groups in total. The summed E-state index contributed by atoms with van der Waals surface area (Å²) in [6.45, 7) is 10.2. The minimum atomic E-state index is 0.0661. The van der Waals surface area contributed by atoms with Gasteiger partial charge in [0.2, 0.25) is 0 Å². The van der Waals surface area contributed by atoms with Gasteiger partial charge in [0.05, 0.1) is 18.6 Å². The van der Waals surface area contributed by atoms with Crippen LogP contribution in [0.25, 0.3) is 0 Å². The normalized spacial score (nSPS) is 57.3. The molecule has 0 aliphatic heterocycles. The van der Waals surface area contributed by atoms with Gasteiger partial charge in [0.1, 0.15) is 0 Å². The molecule has 0 aromatic carbocycles. The maximum absolute atomic E-state index is 12.3. The largest absolute Gasteiger partial charge is 0.466 e. The monoisotopic (exact) mass is 428 g/mol. The van der Waals surface area contributed by atoms with Crippen LogP contribution < -0.4 is 0 Å². The van der Waals surface area contributed by atoms with Crippen molar-refractivity contribution in [2.24, 2.45) is 63.6 Å². The van der Waals surface area contributed by atoms with Crippen LogP contribution in [0.2, 0.25) is 0 Å². The number of carbonyl (C=O) groups excluding carboxylic acids is 1. The first-order chi connectivity index (χ1) is 14.8. The van der Waals surface area contributed by atoms with Crippen molar-refractivity contribution < 1.29 is 14.3 Å². The smallest absolute Gasteiger partial charge is 0.309 e. The van der Waals surface area contributed by atoms with Crippen LogP contribution in [-0.4, -0.2) is 25.8 Å². The third kappa shape index (κ3) is 2.54. The third-order valence-electron chi connectivity index (χ3n) is 12.6. The van der Waals surface area contributed by atoms with E-state index in [2.05, 4.69) is 20.8 Å². The molecule has 3 heteroatoms. The summed E-state index contributed by atoms with van der Waals surface area (Å²) in [4.78, 5) is 12.3. The highest BCUT2D eigenvalue weighted by Gasteiger charge is 2.77. The number of rotatable bonds is 5. The fraction of sp³-hybridized carbons (Fsp3) is 0.964. The molecule has 6 aliphatic carbocycles. The first kappa shape index (κ1) is 21.0. The second-order valence-electron chi connectivity index (χ2n) is 13.1. The van der Waals surface area contributed by atoms with Gasteiger partial charge in [-0.1, -0.05) is 20.8 Å². The van der Waals surface area contributed by atoms with Crippen molar-refractivity contribution in [3.63, 3.8) is 0 Å². The van der Waals surface area contributed by atoms with Crippen molar-refractivity contribution >= 4 is 5.97 Å². The maximum Gasteiger partial charge on any atom is 0.309 e. The molecule has 0 bridgehead atoms. The number of fused-ring (bicyclic) bond motifs is 4. The van der Waals surface area contributed by atoms with Crippen LogP contribution >= 0.6 is 0 Å². The van der Waals surface area contributed by atoms with Crippen molar-refractivity contribution in [1.29, 1.82) is 0 Å². The van der Waals surface area contributed by atoms with Gasteiger partial charge in [-0.25, -0.2) is 0 Å². The van der Waals surface area contributed by atoms with Crippen molar-refractivity contribution in [1.82, 2.24) is 0 Å². The minimum absolute atomic E-state index is 0.0661. The fourth-order valence-electron chi connectivity index (χ4n) is 11.1. The van der Waals surface area contributed by atoms with Crippen LogP contribution in [0.5, 0.6) is 0 Å². The van der Waals surface area contributed by atoms with E-state index in [4.69, 9.17) is 9.47 Å². The van der Waals surface area contributed by atoms with Crippen LogP contribution in [0.1, 0.15) is 85.5 Å². The Morgan fingerprint density at radius 2 is 1.87 bits per heavy atom. The van der Waals surface area contributed by atoms with Crippen LogP contribution in [0.15, 0.2) is 0 Å². The third-order valence-corrected chi connectivity index (χ3v) is 12.6. The average Bonchev–Trinajstić information content (AvgIpc) is 3.63. The Labute approximate surface area is 189 Å². The first-order valence-corrected chi connectivity index (χ1v) is 13.5. The van der Waals surface area contributed by atoms with Crippen LogP contribution in [0.3, 0.4) is 0 Å². The Morgan fingerprint density at radius 1 is 1.06 bits per heavy atom. The van der Waals surface area contributed by atoms with Gasteiger partial charge < -0.3 is 9.47 Å². The van der Waals surface area contributed by atoms with E-state index in [1.165, 1.54) is 51.4 Å². The van der Waals surface area contributed by atoms with Crippen molar-refractivity contribution in [3.8, 4) is 0 Å². The summed E-state index contributed by atoms with van der Waals surface area (Å²) in [5.41, 5.74) is 1.52. The standard InChI is InChI=1S/C28H44O3/c1-6-31-25(29)19-13-18(19)16(2)21-7-8-22-20-14-24(30-5)28-15-17(28)9-12-27(28,4)23(20)10-11-26(21,22)3/h16-24H,6-15H2,1-5H3/t16-,17-,18-,19+,20+,21-,22+,23+,24-,26-,27-,28+/m1/s1. The molecule has 0 aromatic rings. The van der Waals surface area contributed by atoms with E-state index in [9.17, 15) is 4.79 Å². The van der Waals surface area contributed by atoms with Crippen molar-refractivity contribution in [2.45, 2.75) is 91.6 Å². The zero-order valence-electron chi connectivity index (χ0n) is 20.5.